The summed E-state index contributed by atoms with van der Waals surface area (Å²) in [6.07, 6.45) is 1.71. The van der Waals surface area contributed by atoms with Gasteiger partial charge in [0.15, 0.2) is 5.78 Å². The molecule has 0 N–H and O–H groups in total. The zero-order valence-corrected chi connectivity index (χ0v) is 11.7. The SMILES string of the molecule is O=C(Cn1cnc2ccccc21)c1sccc1Br. The lowest BCUT2D eigenvalue weighted by Crippen LogP contribution is -2.08. The number of hydrogen-bond acceptors (Lipinski definition) is 3. The molecule has 0 aliphatic rings. The molecule has 0 saturated heterocycles. The van der Waals surface area contributed by atoms with Gasteiger partial charge >= 0.3 is 0 Å². The number of thiophene rings is 1. The van der Waals surface area contributed by atoms with Crippen molar-refractivity contribution in [3.8, 4) is 0 Å². The van der Waals surface area contributed by atoms with Gasteiger partial charge in [-0.3, -0.25) is 4.79 Å². The summed E-state index contributed by atoms with van der Waals surface area (Å²) in [5.41, 5.74) is 1.90. The van der Waals surface area contributed by atoms with E-state index in [0.717, 1.165) is 20.4 Å². The second-order valence-electron chi connectivity index (χ2n) is 3.88. The number of para-hydroxylation sites is 2. The molecule has 0 atom stereocenters. The number of rotatable bonds is 3. The molecule has 0 spiro atoms. The van der Waals surface area contributed by atoms with E-state index in [1.807, 2.05) is 40.3 Å². The van der Waals surface area contributed by atoms with E-state index in [0.29, 0.717) is 6.54 Å². The minimum Gasteiger partial charge on any atom is -0.323 e. The average molecular weight is 321 g/mol. The molecule has 3 aromatic rings. The summed E-state index contributed by atoms with van der Waals surface area (Å²) in [6.45, 7) is 0.319. The fourth-order valence-electron chi connectivity index (χ4n) is 1.86. The van der Waals surface area contributed by atoms with Gasteiger partial charge in [-0.15, -0.1) is 11.3 Å². The van der Waals surface area contributed by atoms with Crippen molar-refractivity contribution >= 4 is 44.1 Å². The van der Waals surface area contributed by atoms with Gasteiger partial charge in [0, 0.05) is 4.47 Å². The van der Waals surface area contributed by atoms with E-state index in [1.54, 1.807) is 6.33 Å². The van der Waals surface area contributed by atoms with Crippen LogP contribution in [-0.2, 0) is 6.54 Å². The molecule has 3 rings (SSSR count). The van der Waals surface area contributed by atoms with Crippen LogP contribution in [0.2, 0.25) is 0 Å². The molecular weight excluding hydrogens is 312 g/mol. The van der Waals surface area contributed by atoms with Crippen molar-refractivity contribution in [1.82, 2.24) is 9.55 Å². The van der Waals surface area contributed by atoms with Gasteiger partial charge in [-0.25, -0.2) is 4.98 Å². The molecule has 0 radical (unpaired) electrons. The summed E-state index contributed by atoms with van der Waals surface area (Å²) in [4.78, 5) is 17.2. The van der Waals surface area contributed by atoms with E-state index in [9.17, 15) is 4.79 Å². The summed E-state index contributed by atoms with van der Waals surface area (Å²) in [7, 11) is 0. The maximum Gasteiger partial charge on any atom is 0.193 e. The second kappa shape index (κ2) is 4.66. The monoisotopic (exact) mass is 320 g/mol. The number of carbonyl (C=O) groups is 1. The molecular formula is C13H9BrN2OS. The highest BCUT2D eigenvalue weighted by atomic mass is 79.9. The van der Waals surface area contributed by atoms with E-state index >= 15 is 0 Å². The van der Waals surface area contributed by atoms with Gasteiger partial charge in [0.25, 0.3) is 0 Å². The fourth-order valence-corrected chi connectivity index (χ4v) is 3.38. The predicted octanol–water partition coefficient (Wildman–Crippen LogP) is 3.74. The van der Waals surface area contributed by atoms with Gasteiger partial charge in [-0.2, -0.15) is 0 Å². The quantitative estimate of drug-likeness (QED) is 0.689. The molecule has 90 valence electrons. The molecule has 18 heavy (non-hydrogen) atoms. The van der Waals surface area contributed by atoms with Crippen LogP contribution in [0.15, 0.2) is 46.5 Å². The summed E-state index contributed by atoms with van der Waals surface area (Å²) in [5.74, 6) is 0.0972. The molecule has 0 unspecified atom stereocenters. The number of carbonyl (C=O) groups excluding carboxylic acids is 1. The molecule has 1 aromatic carbocycles. The molecule has 5 heteroatoms. The highest BCUT2D eigenvalue weighted by Gasteiger charge is 2.13. The fraction of sp³-hybridized carbons (Fsp3) is 0.0769. The van der Waals surface area contributed by atoms with Crippen LogP contribution in [0.5, 0.6) is 0 Å². The number of nitrogens with zero attached hydrogens (tertiary/aromatic N) is 2. The summed E-state index contributed by atoms with van der Waals surface area (Å²) < 4.78 is 2.74. The largest absolute Gasteiger partial charge is 0.323 e. The predicted molar refractivity (Wildman–Crippen MR) is 76.1 cm³/mol. The van der Waals surface area contributed by atoms with Crippen LogP contribution in [0.1, 0.15) is 9.67 Å². The van der Waals surface area contributed by atoms with Crippen molar-refractivity contribution in [1.29, 1.82) is 0 Å². The normalized spacial score (nSPS) is 10.9. The molecule has 0 saturated carbocycles. The van der Waals surface area contributed by atoms with Crippen LogP contribution < -0.4 is 0 Å². The molecule has 0 aliphatic carbocycles. The van der Waals surface area contributed by atoms with Crippen LogP contribution in [-0.4, -0.2) is 15.3 Å². The van der Waals surface area contributed by atoms with Gasteiger partial charge in [0.2, 0.25) is 0 Å². The van der Waals surface area contributed by atoms with E-state index in [2.05, 4.69) is 20.9 Å². The third-order valence-corrected chi connectivity index (χ3v) is 4.59. The summed E-state index contributed by atoms with van der Waals surface area (Å²) >= 11 is 4.84. The Morgan fingerprint density at radius 2 is 2.17 bits per heavy atom. The molecule has 3 nitrogen and oxygen atoms in total. The van der Waals surface area contributed by atoms with Crippen molar-refractivity contribution in [2.75, 3.05) is 0 Å². The van der Waals surface area contributed by atoms with Crippen LogP contribution in [0.4, 0.5) is 0 Å². The zero-order chi connectivity index (χ0) is 12.5. The zero-order valence-electron chi connectivity index (χ0n) is 9.34. The van der Waals surface area contributed by atoms with Gasteiger partial charge < -0.3 is 4.57 Å². The maximum atomic E-state index is 12.2. The molecule has 0 aliphatic heterocycles. The summed E-state index contributed by atoms with van der Waals surface area (Å²) in [5, 5.41) is 1.91. The average Bonchev–Trinajstić information content (AvgIpc) is 2.97. The molecule has 2 aromatic heterocycles. The molecule has 0 fully saturated rings. The number of benzene rings is 1. The van der Waals surface area contributed by atoms with E-state index in [-0.39, 0.29) is 5.78 Å². The third kappa shape index (κ3) is 2.00. The first-order valence-electron chi connectivity index (χ1n) is 5.42. The van der Waals surface area contributed by atoms with Crippen LogP contribution in [0.3, 0.4) is 0 Å². The minimum absolute atomic E-state index is 0.0972. The number of imidazole rings is 1. The van der Waals surface area contributed by atoms with Gasteiger partial charge in [0.1, 0.15) is 0 Å². The topological polar surface area (TPSA) is 34.9 Å². The van der Waals surface area contributed by atoms with Crippen molar-refractivity contribution in [3.05, 3.63) is 51.4 Å². The van der Waals surface area contributed by atoms with E-state index in [4.69, 9.17) is 0 Å². The van der Waals surface area contributed by atoms with Crippen LogP contribution >= 0.6 is 27.3 Å². The Hall–Kier alpha value is -1.46. The van der Waals surface area contributed by atoms with Gasteiger partial charge in [-0.1, -0.05) is 12.1 Å². The minimum atomic E-state index is 0.0972. The first-order valence-corrected chi connectivity index (χ1v) is 7.09. The Kier molecular flexibility index (Phi) is 3.01. The molecule has 2 heterocycles. The highest BCUT2D eigenvalue weighted by Crippen LogP contribution is 2.24. The first kappa shape index (κ1) is 11.6. The lowest BCUT2D eigenvalue weighted by Gasteiger charge is -2.02. The standard InChI is InChI=1S/C13H9BrN2OS/c14-9-5-6-18-13(9)12(17)7-16-8-15-10-3-1-2-4-11(10)16/h1-6,8H,7H2. The van der Waals surface area contributed by atoms with Crippen LogP contribution in [0.25, 0.3) is 11.0 Å². The van der Waals surface area contributed by atoms with Crippen molar-refractivity contribution in [2.24, 2.45) is 0 Å². The van der Waals surface area contributed by atoms with Gasteiger partial charge in [0.05, 0.1) is 28.8 Å². The maximum absolute atomic E-state index is 12.2. The smallest absolute Gasteiger partial charge is 0.193 e. The highest BCUT2D eigenvalue weighted by molar-refractivity contribution is 9.10. The van der Waals surface area contributed by atoms with E-state index in [1.165, 1.54) is 11.3 Å². The Balaban J connectivity index is 1.93. The number of hydrogen-bond donors (Lipinski definition) is 0. The van der Waals surface area contributed by atoms with Crippen LogP contribution in [0, 0.1) is 0 Å². The third-order valence-electron chi connectivity index (χ3n) is 2.71. The number of ketones is 1. The first-order chi connectivity index (χ1) is 8.75. The van der Waals surface area contributed by atoms with Gasteiger partial charge in [-0.05, 0) is 39.5 Å². The Bertz CT molecular complexity index is 716. The Labute approximate surface area is 116 Å². The lowest BCUT2D eigenvalue weighted by molar-refractivity contribution is 0.0976. The lowest BCUT2D eigenvalue weighted by atomic mass is 10.3. The van der Waals surface area contributed by atoms with Crippen molar-refractivity contribution < 1.29 is 4.79 Å². The van der Waals surface area contributed by atoms with Crippen molar-refractivity contribution in [2.45, 2.75) is 6.54 Å². The number of halogens is 1. The molecule has 0 amide bonds. The summed E-state index contributed by atoms with van der Waals surface area (Å²) in [6, 6.07) is 9.70. The second-order valence-corrected chi connectivity index (χ2v) is 5.65. The van der Waals surface area contributed by atoms with Crippen molar-refractivity contribution in [3.63, 3.8) is 0 Å². The van der Waals surface area contributed by atoms with E-state index < -0.39 is 0 Å². The number of Topliss-reactive ketones (excluding diaryl/α,β-unsaturated/α-hetero) is 1. The number of aromatic nitrogens is 2. The Morgan fingerprint density at radius 1 is 1.33 bits per heavy atom. The number of fused-ring (bicyclic) bond motifs is 1. The molecule has 0 bridgehead atoms. The Morgan fingerprint density at radius 3 is 2.94 bits per heavy atom.